The van der Waals surface area contributed by atoms with E-state index in [1.54, 1.807) is 17.0 Å². The molecular weight excluding hydrogens is 401 g/mol. The first-order valence-electron chi connectivity index (χ1n) is 8.63. The SMILES string of the molecule is Cc1cccc(OCC(=O)N(CCN(C)C)c2nc3c(F)cccc3s2)c1.Cl. The molecule has 3 aromatic rings. The molecule has 0 bridgehead atoms. The maximum Gasteiger partial charge on any atom is 0.266 e. The van der Waals surface area contributed by atoms with E-state index in [1.807, 2.05) is 50.2 Å². The maximum absolute atomic E-state index is 14.0. The van der Waals surface area contributed by atoms with Gasteiger partial charge in [0.1, 0.15) is 17.1 Å². The van der Waals surface area contributed by atoms with Gasteiger partial charge in [-0.2, -0.15) is 0 Å². The van der Waals surface area contributed by atoms with Gasteiger partial charge in [-0.15, -0.1) is 12.4 Å². The Morgan fingerprint density at radius 3 is 2.61 bits per heavy atom. The molecule has 8 heteroatoms. The van der Waals surface area contributed by atoms with Crippen molar-refractivity contribution >= 4 is 45.0 Å². The summed E-state index contributed by atoms with van der Waals surface area (Å²) in [4.78, 5) is 20.7. The summed E-state index contributed by atoms with van der Waals surface area (Å²) >= 11 is 1.30. The standard InChI is InChI=1S/C20H22FN3O2S.ClH/c1-14-6-4-7-15(12-14)26-13-18(25)24(11-10-23(2)3)20-22-19-16(21)8-5-9-17(19)27-20;/h4-9,12H,10-11,13H2,1-3H3;1H. The van der Waals surface area contributed by atoms with E-state index in [1.165, 1.54) is 17.4 Å². The molecule has 0 radical (unpaired) electrons. The van der Waals surface area contributed by atoms with Gasteiger partial charge in [-0.05, 0) is 50.8 Å². The topological polar surface area (TPSA) is 45.7 Å². The quantitative estimate of drug-likeness (QED) is 0.573. The second kappa shape index (κ2) is 9.82. The lowest BCUT2D eigenvalue weighted by Gasteiger charge is -2.22. The number of carbonyl (C=O) groups excluding carboxylic acids is 1. The van der Waals surface area contributed by atoms with Crippen molar-refractivity contribution in [2.75, 3.05) is 38.7 Å². The number of halogens is 2. The molecule has 1 heterocycles. The number of ether oxygens (including phenoxy) is 1. The van der Waals surface area contributed by atoms with Crippen molar-refractivity contribution in [1.29, 1.82) is 0 Å². The normalized spacial score (nSPS) is 10.8. The minimum atomic E-state index is -0.383. The van der Waals surface area contributed by atoms with E-state index in [-0.39, 0.29) is 30.7 Å². The summed E-state index contributed by atoms with van der Waals surface area (Å²) in [6.45, 7) is 2.97. The first-order chi connectivity index (χ1) is 12.9. The fraction of sp³-hybridized carbons (Fsp3) is 0.300. The van der Waals surface area contributed by atoms with E-state index in [0.29, 0.717) is 34.2 Å². The fourth-order valence-corrected chi connectivity index (χ4v) is 3.60. The number of hydrogen-bond acceptors (Lipinski definition) is 5. The summed E-state index contributed by atoms with van der Waals surface area (Å²) in [5.41, 5.74) is 1.35. The Hall–Kier alpha value is -2.22. The molecule has 0 aliphatic rings. The van der Waals surface area contributed by atoms with Crippen LogP contribution in [0.15, 0.2) is 42.5 Å². The van der Waals surface area contributed by atoms with Gasteiger partial charge < -0.3 is 9.64 Å². The number of anilines is 1. The Labute approximate surface area is 174 Å². The number of amides is 1. The molecule has 28 heavy (non-hydrogen) atoms. The summed E-state index contributed by atoms with van der Waals surface area (Å²) in [5.74, 6) is 0.0510. The number of rotatable bonds is 7. The van der Waals surface area contributed by atoms with Crippen LogP contribution in [0.4, 0.5) is 9.52 Å². The molecule has 5 nitrogen and oxygen atoms in total. The summed E-state index contributed by atoms with van der Waals surface area (Å²) in [6.07, 6.45) is 0. The monoisotopic (exact) mass is 423 g/mol. The summed E-state index contributed by atoms with van der Waals surface area (Å²) < 4.78 is 20.4. The van der Waals surface area contributed by atoms with Crippen molar-refractivity contribution in [3.8, 4) is 5.75 Å². The third-order valence-electron chi connectivity index (χ3n) is 4.01. The zero-order valence-corrected chi connectivity index (χ0v) is 17.6. The minimum absolute atomic E-state index is 0. The molecule has 2 aromatic carbocycles. The summed E-state index contributed by atoms with van der Waals surface area (Å²) in [7, 11) is 3.87. The first kappa shape index (κ1) is 22.1. The third kappa shape index (κ3) is 5.41. The number of para-hydroxylation sites is 1. The predicted octanol–water partition coefficient (Wildman–Crippen LogP) is 4.14. The lowest BCUT2D eigenvalue weighted by molar-refractivity contribution is -0.120. The smallest absolute Gasteiger partial charge is 0.266 e. The van der Waals surface area contributed by atoms with Crippen molar-refractivity contribution in [2.24, 2.45) is 0 Å². The molecule has 0 saturated carbocycles. The van der Waals surface area contributed by atoms with Crippen molar-refractivity contribution in [1.82, 2.24) is 9.88 Å². The van der Waals surface area contributed by atoms with Crippen LogP contribution >= 0.6 is 23.7 Å². The number of nitrogens with zero attached hydrogens (tertiary/aromatic N) is 3. The molecular formula is C20H23ClFN3O2S. The van der Waals surface area contributed by atoms with Crippen LogP contribution in [0.3, 0.4) is 0 Å². The molecule has 0 aliphatic carbocycles. The Morgan fingerprint density at radius 2 is 1.93 bits per heavy atom. The highest BCUT2D eigenvalue weighted by Gasteiger charge is 2.21. The Morgan fingerprint density at radius 1 is 1.18 bits per heavy atom. The van der Waals surface area contributed by atoms with E-state index in [9.17, 15) is 9.18 Å². The second-order valence-corrected chi connectivity index (χ2v) is 7.55. The van der Waals surface area contributed by atoms with Gasteiger partial charge >= 0.3 is 0 Å². The van der Waals surface area contributed by atoms with Gasteiger partial charge in [0, 0.05) is 13.1 Å². The average Bonchev–Trinajstić information content (AvgIpc) is 3.05. The van der Waals surface area contributed by atoms with Gasteiger partial charge in [0.15, 0.2) is 11.7 Å². The van der Waals surface area contributed by atoms with Crippen LogP contribution in [0.5, 0.6) is 5.75 Å². The van der Waals surface area contributed by atoms with Crippen LogP contribution in [-0.2, 0) is 4.79 Å². The average molecular weight is 424 g/mol. The number of aromatic nitrogens is 1. The molecule has 0 aliphatic heterocycles. The minimum Gasteiger partial charge on any atom is -0.484 e. The van der Waals surface area contributed by atoms with Crippen molar-refractivity contribution in [3.05, 3.63) is 53.8 Å². The van der Waals surface area contributed by atoms with Gasteiger partial charge in [-0.25, -0.2) is 9.37 Å². The number of thiazole rings is 1. The molecule has 0 spiro atoms. The largest absolute Gasteiger partial charge is 0.484 e. The molecule has 3 rings (SSSR count). The van der Waals surface area contributed by atoms with Crippen LogP contribution in [0, 0.1) is 12.7 Å². The molecule has 150 valence electrons. The second-order valence-electron chi connectivity index (χ2n) is 6.54. The molecule has 0 fully saturated rings. The van der Waals surface area contributed by atoms with E-state index in [0.717, 1.165) is 5.56 Å². The van der Waals surface area contributed by atoms with Crippen LogP contribution in [0.1, 0.15) is 5.56 Å². The van der Waals surface area contributed by atoms with Gasteiger partial charge in [0.25, 0.3) is 5.91 Å². The van der Waals surface area contributed by atoms with Crippen LogP contribution in [-0.4, -0.2) is 49.6 Å². The highest BCUT2D eigenvalue weighted by Crippen LogP contribution is 2.30. The van der Waals surface area contributed by atoms with E-state index >= 15 is 0 Å². The van der Waals surface area contributed by atoms with Crippen LogP contribution in [0.2, 0.25) is 0 Å². The Kier molecular flexibility index (Phi) is 7.74. The Bertz CT molecular complexity index is 948. The number of hydrogen-bond donors (Lipinski definition) is 0. The number of carbonyl (C=O) groups is 1. The lowest BCUT2D eigenvalue weighted by atomic mass is 10.2. The first-order valence-corrected chi connectivity index (χ1v) is 9.45. The molecule has 0 atom stereocenters. The molecule has 0 N–H and O–H groups in total. The maximum atomic E-state index is 14.0. The van der Waals surface area contributed by atoms with Gasteiger partial charge in [-0.3, -0.25) is 9.69 Å². The molecule has 1 aromatic heterocycles. The number of benzene rings is 2. The van der Waals surface area contributed by atoms with E-state index in [4.69, 9.17) is 4.74 Å². The van der Waals surface area contributed by atoms with E-state index < -0.39 is 0 Å². The fourth-order valence-electron chi connectivity index (χ4n) is 2.57. The molecule has 0 unspecified atom stereocenters. The third-order valence-corrected chi connectivity index (χ3v) is 5.06. The Balaban J connectivity index is 0.00000280. The number of aryl methyl sites for hydroxylation is 1. The van der Waals surface area contributed by atoms with Gasteiger partial charge in [-0.1, -0.05) is 29.5 Å². The number of likely N-dealkylation sites (N-methyl/N-ethyl adjacent to an activating group) is 1. The number of fused-ring (bicyclic) bond motifs is 1. The van der Waals surface area contributed by atoms with E-state index in [2.05, 4.69) is 4.98 Å². The zero-order chi connectivity index (χ0) is 19.4. The molecule has 0 saturated heterocycles. The van der Waals surface area contributed by atoms with Gasteiger partial charge in [0.05, 0.1) is 4.70 Å². The van der Waals surface area contributed by atoms with Gasteiger partial charge in [0.2, 0.25) is 0 Å². The van der Waals surface area contributed by atoms with Crippen molar-refractivity contribution < 1.29 is 13.9 Å². The zero-order valence-electron chi connectivity index (χ0n) is 16.0. The molecule has 1 amide bonds. The van der Waals surface area contributed by atoms with Crippen LogP contribution < -0.4 is 9.64 Å². The highest BCUT2D eigenvalue weighted by atomic mass is 35.5. The van der Waals surface area contributed by atoms with Crippen molar-refractivity contribution in [3.63, 3.8) is 0 Å². The predicted molar refractivity (Wildman–Crippen MR) is 114 cm³/mol. The summed E-state index contributed by atoms with van der Waals surface area (Å²) in [5, 5.41) is 0.481. The van der Waals surface area contributed by atoms with Crippen LogP contribution in [0.25, 0.3) is 10.2 Å². The highest BCUT2D eigenvalue weighted by molar-refractivity contribution is 7.22. The lowest BCUT2D eigenvalue weighted by Crippen LogP contribution is -2.39. The summed E-state index contributed by atoms with van der Waals surface area (Å²) in [6, 6.07) is 12.4. The van der Waals surface area contributed by atoms with Crippen molar-refractivity contribution in [2.45, 2.75) is 6.92 Å².